The molecule has 3 rings (SSSR count). The minimum absolute atomic E-state index is 0.0534. The molecule has 0 fully saturated rings. The van der Waals surface area contributed by atoms with Crippen molar-refractivity contribution >= 4 is 28.7 Å². The molecule has 1 aromatic heterocycles. The first-order valence-electron chi connectivity index (χ1n) is 12.9. The van der Waals surface area contributed by atoms with E-state index < -0.39 is 18.0 Å². The second-order valence-electron chi connectivity index (χ2n) is 9.53. The third-order valence-corrected chi connectivity index (χ3v) is 6.74. The molecule has 0 aliphatic rings. The number of benzene rings is 2. The molecule has 1 heterocycles. The van der Waals surface area contributed by atoms with Gasteiger partial charge in [0, 0.05) is 12.5 Å². The maximum Gasteiger partial charge on any atom is 0.258 e. The summed E-state index contributed by atoms with van der Waals surface area (Å²) in [5, 5.41) is 5.77. The highest BCUT2D eigenvalue weighted by atomic mass is 32.2. The first-order valence-corrected chi connectivity index (χ1v) is 13.9. The smallest absolute Gasteiger partial charge is 0.258 e. The van der Waals surface area contributed by atoms with Crippen LogP contribution >= 0.6 is 11.8 Å². The highest BCUT2D eigenvalue weighted by Crippen LogP contribution is 2.25. The lowest BCUT2D eigenvalue weighted by Crippen LogP contribution is -2.51. The van der Waals surface area contributed by atoms with E-state index >= 15 is 0 Å². The largest absolute Gasteiger partial charge is 0.493 e. The topological polar surface area (TPSA) is 107 Å². The Morgan fingerprint density at radius 1 is 0.923 bits per heavy atom. The maximum absolute atomic E-state index is 13.4. The molecule has 0 spiro atoms. The van der Waals surface area contributed by atoms with Crippen LogP contribution in [0, 0.1) is 5.92 Å². The number of thioether (sulfide) groups is 1. The zero-order valence-electron chi connectivity index (χ0n) is 22.6. The molecular weight excluding hydrogens is 516 g/mol. The van der Waals surface area contributed by atoms with Gasteiger partial charge in [0.15, 0.2) is 23.2 Å². The van der Waals surface area contributed by atoms with E-state index in [9.17, 15) is 14.4 Å². The van der Waals surface area contributed by atoms with Crippen molar-refractivity contribution < 1.29 is 28.3 Å². The molecule has 0 radical (unpaired) electrons. The van der Waals surface area contributed by atoms with Gasteiger partial charge in [-0.05, 0) is 48.6 Å². The number of ether oxygens (including phenoxy) is 2. The van der Waals surface area contributed by atoms with Crippen LogP contribution in [0.3, 0.4) is 0 Å². The number of para-hydroxylation sites is 2. The molecule has 0 bridgehead atoms. The first kappa shape index (κ1) is 29.8. The van der Waals surface area contributed by atoms with Gasteiger partial charge in [0.05, 0.1) is 19.1 Å². The normalized spacial score (nSPS) is 12.4. The molecule has 9 heteroatoms. The molecule has 2 aromatic carbocycles. The summed E-state index contributed by atoms with van der Waals surface area (Å²) in [6.45, 7) is 3.69. The van der Waals surface area contributed by atoms with Crippen LogP contribution in [0.4, 0.5) is 0 Å². The molecule has 0 aliphatic heterocycles. The lowest BCUT2D eigenvalue weighted by molar-refractivity contribution is -0.131. The molecule has 2 amide bonds. The van der Waals surface area contributed by atoms with Crippen LogP contribution in [-0.2, 0) is 26.6 Å². The first-order chi connectivity index (χ1) is 18.8. The van der Waals surface area contributed by atoms with Gasteiger partial charge >= 0.3 is 0 Å². The molecular formula is C30H36N2O6S. The van der Waals surface area contributed by atoms with Gasteiger partial charge in [-0.2, -0.15) is 0 Å². The van der Waals surface area contributed by atoms with E-state index in [0.29, 0.717) is 35.9 Å². The van der Waals surface area contributed by atoms with Crippen LogP contribution in [0.25, 0.3) is 0 Å². The van der Waals surface area contributed by atoms with Gasteiger partial charge in [0.1, 0.15) is 11.8 Å². The van der Waals surface area contributed by atoms with Gasteiger partial charge in [-0.1, -0.05) is 68.1 Å². The van der Waals surface area contributed by atoms with Crippen molar-refractivity contribution in [1.29, 1.82) is 0 Å². The molecule has 208 valence electrons. The summed E-state index contributed by atoms with van der Waals surface area (Å²) in [4.78, 5) is 38.9. The highest BCUT2D eigenvalue weighted by Gasteiger charge is 2.26. The van der Waals surface area contributed by atoms with E-state index in [0.717, 1.165) is 17.3 Å². The average Bonchev–Trinajstić information content (AvgIpc) is 3.44. The molecule has 39 heavy (non-hydrogen) atoms. The van der Waals surface area contributed by atoms with Crippen molar-refractivity contribution in [2.24, 2.45) is 5.92 Å². The summed E-state index contributed by atoms with van der Waals surface area (Å²) in [6.07, 6.45) is 2.64. The van der Waals surface area contributed by atoms with Crippen molar-refractivity contribution in [3.63, 3.8) is 0 Å². The monoisotopic (exact) mass is 552 g/mol. The zero-order chi connectivity index (χ0) is 28.0. The Labute approximate surface area is 233 Å². The summed E-state index contributed by atoms with van der Waals surface area (Å²) in [5.41, 5.74) is 1.00. The van der Waals surface area contributed by atoms with Crippen LogP contribution < -0.4 is 20.1 Å². The van der Waals surface area contributed by atoms with Gasteiger partial charge in [0.2, 0.25) is 5.91 Å². The quantitative estimate of drug-likeness (QED) is 0.280. The molecule has 8 nitrogen and oxygen atoms in total. The predicted molar refractivity (Wildman–Crippen MR) is 152 cm³/mol. The Morgan fingerprint density at radius 2 is 1.64 bits per heavy atom. The number of amides is 2. The van der Waals surface area contributed by atoms with Crippen LogP contribution in [0.15, 0.2) is 77.4 Å². The van der Waals surface area contributed by atoms with E-state index in [1.54, 1.807) is 36.6 Å². The number of rotatable bonds is 15. The molecule has 3 aromatic rings. The number of nitrogens with one attached hydrogen (secondary N) is 2. The highest BCUT2D eigenvalue weighted by molar-refractivity contribution is 8.12. The van der Waals surface area contributed by atoms with Crippen molar-refractivity contribution in [1.82, 2.24) is 10.6 Å². The van der Waals surface area contributed by atoms with Crippen molar-refractivity contribution in [3.05, 3.63) is 84.3 Å². The standard InChI is InChI=1S/C30H36N2O6S/c1-21(2)16-25(32-28(33)19-38-27-14-8-7-13-26(27)36-3)30(35)31-23(17-22-10-5-4-6-11-22)18-29(34)39-20-24-12-9-15-37-24/h4-15,21,23,25H,16-20H2,1-3H3,(H,31,35)(H,32,33). The maximum atomic E-state index is 13.4. The molecule has 0 saturated carbocycles. The molecule has 2 atom stereocenters. The van der Waals surface area contributed by atoms with E-state index in [2.05, 4.69) is 10.6 Å². The lowest BCUT2D eigenvalue weighted by Gasteiger charge is -2.24. The van der Waals surface area contributed by atoms with E-state index in [1.807, 2.05) is 50.2 Å². The fourth-order valence-electron chi connectivity index (χ4n) is 4.00. The zero-order valence-corrected chi connectivity index (χ0v) is 23.4. The fourth-order valence-corrected chi connectivity index (χ4v) is 4.79. The van der Waals surface area contributed by atoms with Crippen molar-refractivity contribution in [2.75, 3.05) is 13.7 Å². The second-order valence-corrected chi connectivity index (χ2v) is 10.6. The number of methoxy groups -OCH3 is 1. The van der Waals surface area contributed by atoms with Crippen LogP contribution in [-0.4, -0.2) is 42.7 Å². The van der Waals surface area contributed by atoms with Crippen LogP contribution in [0.5, 0.6) is 11.5 Å². The Morgan fingerprint density at radius 3 is 2.31 bits per heavy atom. The minimum Gasteiger partial charge on any atom is -0.493 e. The number of carbonyl (C=O) groups excluding carboxylic acids is 3. The van der Waals surface area contributed by atoms with Crippen molar-refractivity contribution in [3.8, 4) is 11.5 Å². The molecule has 0 saturated heterocycles. The SMILES string of the molecule is COc1ccccc1OCC(=O)NC(CC(C)C)C(=O)NC(CC(=O)SCc1ccco1)Cc1ccccc1. The van der Waals surface area contributed by atoms with Gasteiger partial charge in [-0.25, -0.2) is 0 Å². The summed E-state index contributed by atoms with van der Waals surface area (Å²) < 4.78 is 16.2. The summed E-state index contributed by atoms with van der Waals surface area (Å²) >= 11 is 1.16. The van der Waals surface area contributed by atoms with Gasteiger partial charge in [0.25, 0.3) is 5.91 Å². The van der Waals surface area contributed by atoms with Gasteiger partial charge < -0.3 is 24.5 Å². The molecule has 2 N–H and O–H groups in total. The average molecular weight is 553 g/mol. The fraction of sp³-hybridized carbons (Fsp3) is 0.367. The van der Waals surface area contributed by atoms with Crippen LogP contribution in [0.2, 0.25) is 0 Å². The molecule has 2 unspecified atom stereocenters. The Hall–Kier alpha value is -3.72. The lowest BCUT2D eigenvalue weighted by atomic mass is 10.0. The van der Waals surface area contributed by atoms with E-state index in [1.165, 1.54) is 7.11 Å². The second kappa shape index (κ2) is 15.6. The number of hydrogen-bond acceptors (Lipinski definition) is 7. The number of hydrogen-bond donors (Lipinski definition) is 2. The number of carbonyl (C=O) groups is 3. The van der Waals surface area contributed by atoms with Crippen molar-refractivity contribution in [2.45, 2.75) is 50.9 Å². The minimum atomic E-state index is -0.775. The Bertz CT molecular complexity index is 1180. The third kappa shape index (κ3) is 10.5. The summed E-state index contributed by atoms with van der Waals surface area (Å²) in [7, 11) is 1.53. The number of furan rings is 1. The van der Waals surface area contributed by atoms with Crippen LogP contribution in [0.1, 0.15) is 38.0 Å². The van der Waals surface area contributed by atoms with E-state index in [4.69, 9.17) is 13.9 Å². The van der Waals surface area contributed by atoms with E-state index in [-0.39, 0.29) is 30.0 Å². The summed E-state index contributed by atoms with van der Waals surface area (Å²) in [6, 6.07) is 19.1. The third-order valence-electron chi connectivity index (χ3n) is 5.83. The summed E-state index contributed by atoms with van der Waals surface area (Å²) in [5.74, 6) is 1.48. The Balaban J connectivity index is 1.63. The molecule has 0 aliphatic carbocycles. The Kier molecular flexibility index (Phi) is 12.0. The van der Waals surface area contributed by atoms with Gasteiger partial charge in [-0.15, -0.1) is 0 Å². The predicted octanol–water partition coefficient (Wildman–Crippen LogP) is 4.78. The van der Waals surface area contributed by atoms with Gasteiger partial charge in [-0.3, -0.25) is 14.4 Å².